The van der Waals surface area contributed by atoms with E-state index < -0.39 is 6.04 Å². The fourth-order valence-corrected chi connectivity index (χ4v) is 1.88. The molecule has 0 spiro atoms. The molecule has 2 rings (SSSR count). The maximum atomic E-state index is 12.1. The molecule has 5 nitrogen and oxygen atoms in total. The topological polar surface area (TPSA) is 67.2 Å². The van der Waals surface area contributed by atoms with Crippen LogP contribution in [-0.2, 0) is 7.05 Å². The van der Waals surface area contributed by atoms with Crippen molar-refractivity contribution in [3.05, 3.63) is 53.3 Å². The Hall–Kier alpha value is -2.14. The molecule has 1 aromatic heterocycles. The first-order valence-electron chi connectivity index (χ1n) is 6.08. The highest BCUT2D eigenvalue weighted by Gasteiger charge is 2.17. The smallest absolute Gasteiger partial charge is 0.255 e. The van der Waals surface area contributed by atoms with Gasteiger partial charge < -0.3 is 10.4 Å². The molecule has 19 heavy (non-hydrogen) atoms. The van der Waals surface area contributed by atoms with Crippen LogP contribution in [0, 0.1) is 6.92 Å². The first kappa shape index (κ1) is 13.3. The van der Waals surface area contributed by atoms with Gasteiger partial charge in [0.1, 0.15) is 0 Å². The van der Waals surface area contributed by atoms with Crippen LogP contribution in [-0.4, -0.2) is 27.4 Å². The van der Waals surface area contributed by atoms with E-state index >= 15 is 0 Å². The lowest BCUT2D eigenvalue weighted by atomic mass is 10.1. The SMILES string of the molecule is Cc1c(C(=O)N[C@@H](CO)c2ccccc2)cnn1C. The van der Waals surface area contributed by atoms with Gasteiger partial charge in [-0.05, 0) is 12.5 Å². The van der Waals surface area contributed by atoms with Crippen molar-refractivity contribution in [3.63, 3.8) is 0 Å². The molecule has 100 valence electrons. The molecular formula is C14H17N3O2. The van der Waals surface area contributed by atoms with Crippen LogP contribution in [0.15, 0.2) is 36.5 Å². The number of aromatic nitrogens is 2. The summed E-state index contributed by atoms with van der Waals surface area (Å²) in [4.78, 5) is 12.1. The molecule has 0 radical (unpaired) electrons. The molecule has 0 unspecified atom stereocenters. The minimum atomic E-state index is -0.409. The third-order valence-corrected chi connectivity index (χ3v) is 3.17. The zero-order valence-corrected chi connectivity index (χ0v) is 11.0. The zero-order valence-electron chi connectivity index (χ0n) is 11.0. The summed E-state index contributed by atoms with van der Waals surface area (Å²) in [7, 11) is 1.78. The Labute approximate surface area is 111 Å². The first-order valence-corrected chi connectivity index (χ1v) is 6.08. The molecule has 0 aliphatic carbocycles. The first-order chi connectivity index (χ1) is 9.13. The minimum absolute atomic E-state index is 0.144. The number of hydrogen-bond donors (Lipinski definition) is 2. The lowest BCUT2D eigenvalue weighted by Crippen LogP contribution is -2.31. The molecule has 0 saturated carbocycles. The summed E-state index contributed by atoms with van der Waals surface area (Å²) in [6.45, 7) is 1.69. The summed E-state index contributed by atoms with van der Waals surface area (Å²) < 4.78 is 1.64. The standard InChI is InChI=1S/C14H17N3O2/c1-10-12(8-15-17(10)2)14(19)16-13(9-18)11-6-4-3-5-7-11/h3-8,13,18H,9H2,1-2H3,(H,16,19)/t13-/m0/s1. The molecular weight excluding hydrogens is 242 g/mol. The van der Waals surface area contributed by atoms with Crippen molar-refractivity contribution in [2.24, 2.45) is 7.05 Å². The van der Waals surface area contributed by atoms with E-state index in [-0.39, 0.29) is 12.5 Å². The molecule has 5 heteroatoms. The van der Waals surface area contributed by atoms with Gasteiger partial charge in [0.15, 0.2) is 0 Å². The van der Waals surface area contributed by atoms with Gasteiger partial charge in [0.2, 0.25) is 0 Å². The van der Waals surface area contributed by atoms with Crippen molar-refractivity contribution in [1.82, 2.24) is 15.1 Å². The van der Waals surface area contributed by atoms with Crippen LogP contribution in [0.2, 0.25) is 0 Å². The molecule has 2 aromatic rings. The minimum Gasteiger partial charge on any atom is -0.394 e. The molecule has 2 N–H and O–H groups in total. The predicted octanol–water partition coefficient (Wildman–Crippen LogP) is 1.19. The number of carbonyl (C=O) groups is 1. The van der Waals surface area contributed by atoms with Crippen LogP contribution in [0.5, 0.6) is 0 Å². The highest BCUT2D eigenvalue weighted by molar-refractivity contribution is 5.95. The molecule has 0 saturated heterocycles. The molecule has 0 aliphatic heterocycles. The van der Waals surface area contributed by atoms with Gasteiger partial charge >= 0.3 is 0 Å². The van der Waals surface area contributed by atoms with Gasteiger partial charge in [0, 0.05) is 12.7 Å². The van der Waals surface area contributed by atoms with Crippen LogP contribution in [0.3, 0.4) is 0 Å². The van der Waals surface area contributed by atoms with E-state index in [4.69, 9.17) is 0 Å². The number of aryl methyl sites for hydroxylation is 1. The van der Waals surface area contributed by atoms with Crippen molar-refractivity contribution in [3.8, 4) is 0 Å². The largest absolute Gasteiger partial charge is 0.394 e. The van der Waals surface area contributed by atoms with Gasteiger partial charge in [-0.2, -0.15) is 5.10 Å². The number of carbonyl (C=O) groups excluding carboxylic acids is 1. The van der Waals surface area contributed by atoms with Gasteiger partial charge in [-0.25, -0.2) is 0 Å². The second-order valence-electron chi connectivity index (χ2n) is 4.39. The van der Waals surface area contributed by atoms with Gasteiger partial charge in [-0.1, -0.05) is 30.3 Å². The summed E-state index contributed by atoms with van der Waals surface area (Å²) in [5.41, 5.74) is 2.19. The maximum absolute atomic E-state index is 12.1. The van der Waals surface area contributed by atoms with Gasteiger partial charge in [-0.15, -0.1) is 0 Å². The zero-order chi connectivity index (χ0) is 13.8. The quantitative estimate of drug-likeness (QED) is 0.866. The number of amides is 1. The number of nitrogens with one attached hydrogen (secondary N) is 1. The lowest BCUT2D eigenvalue weighted by Gasteiger charge is -2.16. The monoisotopic (exact) mass is 259 g/mol. The van der Waals surface area contributed by atoms with Crippen LogP contribution in [0.4, 0.5) is 0 Å². The van der Waals surface area contributed by atoms with Crippen LogP contribution < -0.4 is 5.32 Å². The maximum Gasteiger partial charge on any atom is 0.255 e. The molecule has 1 amide bonds. The predicted molar refractivity (Wildman–Crippen MR) is 71.7 cm³/mol. The van der Waals surface area contributed by atoms with E-state index in [1.807, 2.05) is 37.3 Å². The van der Waals surface area contributed by atoms with Crippen LogP contribution in [0.25, 0.3) is 0 Å². The van der Waals surface area contributed by atoms with Gasteiger partial charge in [0.25, 0.3) is 5.91 Å². The average molecular weight is 259 g/mol. The fraction of sp³-hybridized carbons (Fsp3) is 0.286. The number of benzene rings is 1. The van der Waals surface area contributed by atoms with E-state index in [0.717, 1.165) is 11.3 Å². The molecule has 0 aliphatic rings. The highest BCUT2D eigenvalue weighted by atomic mass is 16.3. The van der Waals surface area contributed by atoms with Crippen molar-refractivity contribution >= 4 is 5.91 Å². The lowest BCUT2D eigenvalue weighted by molar-refractivity contribution is 0.0915. The summed E-state index contributed by atoms with van der Waals surface area (Å²) in [6.07, 6.45) is 1.53. The fourth-order valence-electron chi connectivity index (χ4n) is 1.88. The van der Waals surface area contributed by atoms with Crippen molar-refractivity contribution in [2.75, 3.05) is 6.61 Å². The number of hydrogen-bond acceptors (Lipinski definition) is 3. The summed E-state index contributed by atoms with van der Waals surface area (Å²) in [6, 6.07) is 8.98. The Kier molecular flexibility index (Phi) is 3.97. The second-order valence-corrected chi connectivity index (χ2v) is 4.39. The number of aliphatic hydroxyl groups is 1. The Balaban J connectivity index is 2.15. The van der Waals surface area contributed by atoms with Crippen LogP contribution in [0.1, 0.15) is 27.7 Å². The summed E-state index contributed by atoms with van der Waals surface area (Å²) in [5.74, 6) is -0.228. The highest BCUT2D eigenvalue weighted by Crippen LogP contribution is 2.13. The van der Waals surface area contributed by atoms with Gasteiger partial charge in [-0.3, -0.25) is 9.48 Å². The molecule has 1 aromatic carbocycles. The number of rotatable bonds is 4. The van der Waals surface area contributed by atoms with E-state index in [0.29, 0.717) is 5.56 Å². The molecule has 1 heterocycles. The Morgan fingerprint density at radius 1 is 1.42 bits per heavy atom. The van der Waals surface area contributed by atoms with Crippen LogP contribution >= 0.6 is 0 Å². The Bertz CT molecular complexity index is 563. The van der Waals surface area contributed by atoms with E-state index in [1.165, 1.54) is 6.20 Å². The van der Waals surface area contributed by atoms with E-state index in [9.17, 15) is 9.90 Å². The number of nitrogens with zero attached hydrogens (tertiary/aromatic N) is 2. The average Bonchev–Trinajstić information content (AvgIpc) is 2.77. The summed E-state index contributed by atoms with van der Waals surface area (Å²) in [5, 5.41) is 16.3. The van der Waals surface area contributed by atoms with E-state index in [1.54, 1.807) is 11.7 Å². The summed E-state index contributed by atoms with van der Waals surface area (Å²) >= 11 is 0. The third kappa shape index (κ3) is 2.82. The number of aliphatic hydroxyl groups excluding tert-OH is 1. The van der Waals surface area contributed by atoms with E-state index in [2.05, 4.69) is 10.4 Å². The van der Waals surface area contributed by atoms with Crippen molar-refractivity contribution in [1.29, 1.82) is 0 Å². The Morgan fingerprint density at radius 3 is 2.63 bits per heavy atom. The third-order valence-electron chi connectivity index (χ3n) is 3.17. The normalized spacial score (nSPS) is 12.2. The van der Waals surface area contributed by atoms with Gasteiger partial charge in [0.05, 0.1) is 24.4 Å². The van der Waals surface area contributed by atoms with Crippen molar-refractivity contribution < 1.29 is 9.90 Å². The van der Waals surface area contributed by atoms with Crippen molar-refractivity contribution in [2.45, 2.75) is 13.0 Å². The molecule has 1 atom stereocenters. The second kappa shape index (κ2) is 5.67. The molecule has 0 bridgehead atoms. The Morgan fingerprint density at radius 2 is 2.11 bits per heavy atom. The molecule has 0 fully saturated rings.